The zero-order valence-electron chi connectivity index (χ0n) is 13.3. The molecule has 1 spiro atoms. The number of likely N-dealkylation sites (tertiary alicyclic amines) is 1. The second-order valence-corrected chi connectivity index (χ2v) is 7.28. The second-order valence-electron chi connectivity index (χ2n) is 6.05. The van der Waals surface area contributed by atoms with Crippen molar-refractivity contribution in [1.82, 2.24) is 4.90 Å². The zero-order valence-corrected chi connectivity index (χ0v) is 15.5. The molecule has 1 N–H and O–H groups in total. The normalized spacial score (nSPS) is 21.8. The van der Waals surface area contributed by atoms with Crippen LogP contribution in [-0.4, -0.2) is 48.9 Å². The molecule has 5 nitrogen and oxygen atoms in total. The highest BCUT2D eigenvalue weighted by molar-refractivity contribution is 6.44. The first-order valence-electron chi connectivity index (χ1n) is 7.88. The lowest BCUT2D eigenvalue weighted by atomic mass is 10.0. The average Bonchev–Trinajstić information content (AvgIpc) is 3.00. The van der Waals surface area contributed by atoms with Crippen LogP contribution in [0.15, 0.2) is 12.1 Å². The fourth-order valence-electron chi connectivity index (χ4n) is 3.06. The van der Waals surface area contributed by atoms with Crippen molar-refractivity contribution in [2.24, 2.45) is 0 Å². The molecule has 8 heteroatoms. The van der Waals surface area contributed by atoms with Gasteiger partial charge in [-0.1, -0.05) is 34.8 Å². The fraction of sp³-hybridized carbons (Fsp3) is 0.562. The van der Waals surface area contributed by atoms with Gasteiger partial charge in [0, 0.05) is 25.9 Å². The van der Waals surface area contributed by atoms with Gasteiger partial charge in [-0.2, -0.15) is 0 Å². The lowest BCUT2D eigenvalue weighted by Gasteiger charge is -2.39. The number of piperidine rings is 1. The van der Waals surface area contributed by atoms with Gasteiger partial charge in [0.15, 0.2) is 5.79 Å². The monoisotopic (exact) mass is 392 g/mol. The van der Waals surface area contributed by atoms with E-state index in [4.69, 9.17) is 44.3 Å². The highest BCUT2D eigenvalue weighted by Gasteiger charge is 2.41. The molecule has 2 aliphatic rings. The van der Waals surface area contributed by atoms with E-state index >= 15 is 0 Å². The third-order valence-corrected chi connectivity index (χ3v) is 5.60. The molecule has 0 aliphatic carbocycles. The lowest BCUT2D eigenvalue weighted by molar-refractivity contribution is -0.187. The summed E-state index contributed by atoms with van der Waals surface area (Å²) in [4.78, 5) is 14.6. The van der Waals surface area contributed by atoms with E-state index in [2.05, 4.69) is 10.2 Å². The second kappa shape index (κ2) is 7.36. The van der Waals surface area contributed by atoms with Crippen molar-refractivity contribution >= 4 is 46.4 Å². The summed E-state index contributed by atoms with van der Waals surface area (Å²) in [5.74, 6) is -0.584. The summed E-state index contributed by atoms with van der Waals surface area (Å²) < 4.78 is 11.4. The minimum atomic E-state index is -0.445. The zero-order chi connectivity index (χ0) is 17.3. The molecule has 0 radical (unpaired) electrons. The number of carbonyl (C=O) groups is 1. The summed E-state index contributed by atoms with van der Waals surface area (Å²) in [6, 6.07) is 2.78. The molecule has 24 heavy (non-hydrogen) atoms. The summed E-state index contributed by atoms with van der Waals surface area (Å²) in [7, 11) is 0. The Morgan fingerprint density at radius 2 is 1.71 bits per heavy atom. The van der Waals surface area contributed by atoms with E-state index in [-0.39, 0.29) is 11.9 Å². The van der Waals surface area contributed by atoms with Crippen molar-refractivity contribution < 1.29 is 14.3 Å². The standard InChI is InChI=1S/C16H19Cl3N2O3/c1-10(21-4-2-16(3-5-21)23-6-7-24-16)15(22)20-14-9-12(18)11(17)8-13(14)19/h8-10H,2-7H2,1H3,(H,20,22). The number of benzene rings is 1. The van der Waals surface area contributed by atoms with Crippen LogP contribution in [0.3, 0.4) is 0 Å². The lowest BCUT2D eigenvalue weighted by Crippen LogP contribution is -2.51. The van der Waals surface area contributed by atoms with E-state index < -0.39 is 5.79 Å². The molecule has 1 atom stereocenters. The third kappa shape index (κ3) is 3.82. The predicted octanol–water partition coefficient (Wildman–Crippen LogP) is 3.81. The van der Waals surface area contributed by atoms with Gasteiger partial charge in [0.2, 0.25) is 5.91 Å². The van der Waals surface area contributed by atoms with Gasteiger partial charge in [-0.3, -0.25) is 9.69 Å². The number of amides is 1. The molecule has 132 valence electrons. The van der Waals surface area contributed by atoms with Crippen LogP contribution < -0.4 is 5.32 Å². The van der Waals surface area contributed by atoms with Crippen molar-refractivity contribution in [2.45, 2.75) is 31.6 Å². The Morgan fingerprint density at radius 1 is 1.12 bits per heavy atom. The Hall–Kier alpha value is -0.560. The number of ether oxygens (including phenoxy) is 2. The van der Waals surface area contributed by atoms with E-state index in [0.29, 0.717) is 34.0 Å². The van der Waals surface area contributed by atoms with Gasteiger partial charge in [0.25, 0.3) is 0 Å². The molecule has 0 bridgehead atoms. The molecule has 2 fully saturated rings. The Bertz CT molecular complexity index is 625. The van der Waals surface area contributed by atoms with Crippen molar-refractivity contribution in [1.29, 1.82) is 0 Å². The van der Waals surface area contributed by atoms with E-state index in [1.807, 2.05) is 6.92 Å². The van der Waals surface area contributed by atoms with Gasteiger partial charge in [-0.25, -0.2) is 0 Å². The predicted molar refractivity (Wildman–Crippen MR) is 95.0 cm³/mol. The van der Waals surface area contributed by atoms with Crippen molar-refractivity contribution in [3.63, 3.8) is 0 Å². The number of halogens is 3. The number of carbonyl (C=O) groups excluding carboxylic acids is 1. The highest BCUT2D eigenvalue weighted by atomic mass is 35.5. The average molecular weight is 394 g/mol. The van der Waals surface area contributed by atoms with Gasteiger partial charge in [-0.05, 0) is 19.1 Å². The summed E-state index contributed by atoms with van der Waals surface area (Å²) in [5, 5.41) is 3.87. The molecule has 1 aromatic rings. The van der Waals surface area contributed by atoms with Crippen LogP contribution >= 0.6 is 34.8 Å². The first kappa shape index (κ1) is 18.2. The summed E-state index contributed by atoms with van der Waals surface area (Å²) in [6.07, 6.45) is 1.52. The minimum absolute atomic E-state index is 0.139. The molecular formula is C16H19Cl3N2O3. The Labute approximate surface area is 156 Å². The SMILES string of the molecule is CC(C(=O)Nc1cc(Cl)c(Cl)cc1Cl)N1CCC2(CC1)OCCO2. The van der Waals surface area contributed by atoms with Crippen molar-refractivity contribution in [3.8, 4) is 0 Å². The van der Waals surface area contributed by atoms with Crippen LogP contribution in [0.2, 0.25) is 15.1 Å². The van der Waals surface area contributed by atoms with Gasteiger partial charge >= 0.3 is 0 Å². The summed E-state index contributed by atoms with van der Waals surface area (Å²) >= 11 is 18.0. The molecule has 2 heterocycles. The molecule has 1 aromatic carbocycles. The van der Waals surface area contributed by atoms with Gasteiger partial charge in [0.1, 0.15) is 0 Å². The van der Waals surface area contributed by atoms with Gasteiger partial charge in [-0.15, -0.1) is 0 Å². The Morgan fingerprint density at radius 3 is 2.33 bits per heavy atom. The maximum atomic E-state index is 12.5. The fourth-order valence-corrected chi connectivity index (χ4v) is 3.65. The molecule has 0 saturated carbocycles. The summed E-state index contributed by atoms with van der Waals surface area (Å²) in [6.45, 7) is 4.64. The Balaban J connectivity index is 1.60. The number of hydrogen-bond donors (Lipinski definition) is 1. The maximum Gasteiger partial charge on any atom is 0.241 e. The summed E-state index contributed by atoms with van der Waals surface area (Å²) in [5.41, 5.74) is 0.457. The first-order chi connectivity index (χ1) is 11.4. The highest BCUT2D eigenvalue weighted by Crippen LogP contribution is 2.34. The van der Waals surface area contributed by atoms with Gasteiger partial charge < -0.3 is 14.8 Å². The largest absolute Gasteiger partial charge is 0.347 e. The van der Waals surface area contributed by atoms with Crippen LogP contribution in [0.25, 0.3) is 0 Å². The quantitative estimate of drug-likeness (QED) is 0.793. The number of nitrogens with zero attached hydrogens (tertiary/aromatic N) is 1. The van der Waals surface area contributed by atoms with Crippen LogP contribution in [0, 0.1) is 0 Å². The van der Waals surface area contributed by atoms with E-state index in [0.717, 1.165) is 25.9 Å². The van der Waals surface area contributed by atoms with Crippen LogP contribution in [-0.2, 0) is 14.3 Å². The van der Waals surface area contributed by atoms with Crippen molar-refractivity contribution in [3.05, 3.63) is 27.2 Å². The number of nitrogens with one attached hydrogen (secondary N) is 1. The number of rotatable bonds is 3. The molecule has 1 amide bonds. The van der Waals surface area contributed by atoms with Crippen LogP contribution in [0.5, 0.6) is 0 Å². The molecule has 1 unspecified atom stereocenters. The third-order valence-electron chi connectivity index (χ3n) is 4.57. The van der Waals surface area contributed by atoms with E-state index in [1.54, 1.807) is 6.07 Å². The topological polar surface area (TPSA) is 50.8 Å². The minimum Gasteiger partial charge on any atom is -0.347 e. The van der Waals surface area contributed by atoms with Gasteiger partial charge in [0.05, 0.1) is 40.0 Å². The molecule has 2 aliphatic heterocycles. The smallest absolute Gasteiger partial charge is 0.241 e. The molecular weight excluding hydrogens is 375 g/mol. The Kier molecular flexibility index (Phi) is 5.59. The number of hydrogen-bond acceptors (Lipinski definition) is 4. The molecule has 3 rings (SSSR count). The molecule has 2 saturated heterocycles. The van der Waals surface area contributed by atoms with E-state index in [9.17, 15) is 4.79 Å². The van der Waals surface area contributed by atoms with Crippen LogP contribution in [0.1, 0.15) is 19.8 Å². The first-order valence-corrected chi connectivity index (χ1v) is 9.01. The number of anilines is 1. The van der Waals surface area contributed by atoms with Crippen LogP contribution in [0.4, 0.5) is 5.69 Å². The van der Waals surface area contributed by atoms with E-state index in [1.165, 1.54) is 6.07 Å². The molecule has 0 aromatic heterocycles. The van der Waals surface area contributed by atoms with Crippen molar-refractivity contribution in [2.75, 3.05) is 31.6 Å². The maximum absolute atomic E-state index is 12.5.